The van der Waals surface area contributed by atoms with Gasteiger partial charge in [0.1, 0.15) is 35.1 Å². The van der Waals surface area contributed by atoms with E-state index in [9.17, 15) is 5.11 Å². The van der Waals surface area contributed by atoms with Gasteiger partial charge in [-0.05, 0) is 75.1 Å². The van der Waals surface area contributed by atoms with Crippen molar-refractivity contribution < 1.29 is 18.6 Å². The molecule has 8 nitrogen and oxygen atoms in total. The van der Waals surface area contributed by atoms with Crippen LogP contribution in [0.3, 0.4) is 0 Å². The van der Waals surface area contributed by atoms with E-state index in [0.717, 1.165) is 58.2 Å². The van der Waals surface area contributed by atoms with Gasteiger partial charge >= 0.3 is 6.01 Å². The zero-order valence-corrected chi connectivity index (χ0v) is 25.6. The lowest BCUT2D eigenvalue weighted by atomic mass is 9.88. The van der Waals surface area contributed by atoms with Gasteiger partial charge in [0.05, 0.1) is 10.9 Å². The van der Waals surface area contributed by atoms with Crippen LogP contribution in [0.4, 0.5) is 14.6 Å². The molecule has 4 saturated heterocycles. The summed E-state index contributed by atoms with van der Waals surface area (Å²) < 4.78 is 39.3. The summed E-state index contributed by atoms with van der Waals surface area (Å²) in [6.45, 7) is 2.60. The van der Waals surface area contributed by atoms with Crippen LogP contribution >= 0.6 is 0 Å². The molecule has 5 fully saturated rings. The summed E-state index contributed by atoms with van der Waals surface area (Å²) in [6.07, 6.45) is 14.3. The van der Waals surface area contributed by atoms with Gasteiger partial charge in [0.2, 0.25) is 0 Å². The summed E-state index contributed by atoms with van der Waals surface area (Å²) >= 11 is 0. The van der Waals surface area contributed by atoms with Crippen LogP contribution < -0.4 is 15.0 Å². The molecule has 236 valence electrons. The van der Waals surface area contributed by atoms with E-state index in [1.807, 2.05) is 12.1 Å². The molecule has 0 amide bonds. The van der Waals surface area contributed by atoms with E-state index in [4.69, 9.17) is 16.1 Å². The van der Waals surface area contributed by atoms with Gasteiger partial charge in [-0.25, -0.2) is 8.78 Å². The predicted octanol–water partition coefficient (Wildman–Crippen LogP) is 5.49. The Balaban J connectivity index is 1.16. The highest BCUT2D eigenvalue weighted by Crippen LogP contribution is 2.55. The van der Waals surface area contributed by atoms with Crippen LogP contribution in [-0.4, -0.2) is 80.5 Å². The number of aromatic hydroxyl groups is 1. The van der Waals surface area contributed by atoms with Crippen LogP contribution in [0.25, 0.3) is 32.9 Å². The first kappa shape index (κ1) is 28.2. The molecule has 2 aromatic carbocycles. The molecule has 1 aliphatic carbocycles. The van der Waals surface area contributed by atoms with E-state index in [1.165, 1.54) is 6.07 Å². The average Bonchev–Trinajstić information content (AvgIpc) is 3.78. The number of fused-ring (bicyclic) bond motifs is 7. The minimum atomic E-state index is -1.17. The molecule has 2 aromatic heterocycles. The summed E-state index contributed by atoms with van der Waals surface area (Å²) in [6, 6.07) is 9.21. The van der Waals surface area contributed by atoms with E-state index in [0.29, 0.717) is 58.0 Å². The van der Waals surface area contributed by atoms with Crippen molar-refractivity contribution in [1.82, 2.24) is 25.2 Å². The number of nitrogens with zero attached hydrogens (tertiary/aromatic N) is 5. The largest absolute Gasteiger partial charge is 0.508 e. The maximum atomic E-state index is 16.9. The molecule has 6 heterocycles. The number of rotatable bonds is 5. The van der Waals surface area contributed by atoms with Crippen molar-refractivity contribution in [2.75, 3.05) is 31.1 Å². The Labute approximate surface area is 266 Å². The van der Waals surface area contributed by atoms with Crippen molar-refractivity contribution in [3.63, 3.8) is 0 Å². The second-order valence-corrected chi connectivity index (χ2v) is 14.0. The smallest absolute Gasteiger partial charge is 0.319 e. The van der Waals surface area contributed by atoms with E-state index >= 15 is 8.78 Å². The van der Waals surface area contributed by atoms with Crippen molar-refractivity contribution in [2.24, 2.45) is 0 Å². The Morgan fingerprint density at radius 3 is 2.78 bits per heavy atom. The molecular formula is C36H36F2N6O2. The number of pyridine rings is 1. The third kappa shape index (κ3) is 4.21. The summed E-state index contributed by atoms with van der Waals surface area (Å²) in [5.74, 6) is 2.62. The molecule has 5 aliphatic rings. The molecule has 2 unspecified atom stereocenters. The fraction of sp³-hybridized carbons (Fsp3) is 0.472. The molecule has 10 heteroatoms. The lowest BCUT2D eigenvalue weighted by Crippen LogP contribution is -2.51. The lowest BCUT2D eigenvalue weighted by molar-refractivity contribution is 0.0811. The maximum Gasteiger partial charge on any atom is 0.319 e. The van der Waals surface area contributed by atoms with Crippen LogP contribution in [0.5, 0.6) is 11.8 Å². The molecule has 4 aromatic rings. The van der Waals surface area contributed by atoms with Gasteiger partial charge in [-0.3, -0.25) is 9.88 Å². The maximum absolute atomic E-state index is 16.9. The third-order valence-electron chi connectivity index (χ3n) is 11.3. The molecule has 5 atom stereocenters. The topological polar surface area (TPSA) is 86.6 Å². The molecule has 4 aliphatic heterocycles. The van der Waals surface area contributed by atoms with Gasteiger partial charge in [0, 0.05) is 60.3 Å². The van der Waals surface area contributed by atoms with Crippen molar-refractivity contribution in [3.05, 3.63) is 47.9 Å². The second kappa shape index (κ2) is 10.2. The van der Waals surface area contributed by atoms with Crippen LogP contribution in [0.15, 0.2) is 36.5 Å². The number of anilines is 1. The van der Waals surface area contributed by atoms with Gasteiger partial charge in [0.15, 0.2) is 5.82 Å². The number of phenols is 1. The fourth-order valence-electron chi connectivity index (χ4n) is 9.45. The Bertz CT molecular complexity index is 1940. The second-order valence-electron chi connectivity index (χ2n) is 14.0. The summed E-state index contributed by atoms with van der Waals surface area (Å²) in [4.78, 5) is 18.7. The Morgan fingerprint density at radius 1 is 1.11 bits per heavy atom. The number of benzene rings is 2. The number of halogens is 2. The summed E-state index contributed by atoms with van der Waals surface area (Å²) in [5.41, 5.74) is -0.484. The number of nitrogens with one attached hydrogen (secondary N) is 1. The van der Waals surface area contributed by atoms with Crippen LogP contribution in [-0.2, 0) is 0 Å². The number of phenolic OH excluding ortho intramolecular Hbond substituents is 1. The predicted molar refractivity (Wildman–Crippen MR) is 172 cm³/mol. The number of ether oxygens (including phenoxy) is 1. The number of hydrogen-bond acceptors (Lipinski definition) is 8. The monoisotopic (exact) mass is 622 g/mol. The fourth-order valence-corrected chi connectivity index (χ4v) is 9.45. The number of piperazine rings is 1. The van der Waals surface area contributed by atoms with Crippen molar-refractivity contribution >= 4 is 27.5 Å². The van der Waals surface area contributed by atoms with Crippen molar-refractivity contribution in [1.29, 1.82) is 0 Å². The highest BCUT2D eigenvalue weighted by molar-refractivity contribution is 6.02. The SMILES string of the molecule is C#Cc1cccc2cc(O)cc(-c3ncc4c(N5CC6CCC(C5)N6)nc(OC[C@@]56CCCN5[C@H]5CCC[C@@]5(F)C6)nc4c3F)c12. The molecule has 1 saturated carbocycles. The summed E-state index contributed by atoms with van der Waals surface area (Å²) in [5, 5.41) is 16.0. The standard InChI is InChI=1S/C36H36F2N6O2/c1-2-21-6-3-7-22-14-25(45)15-26(29(21)22)31-30(37)32-27(16-39-31)33(43-17-23-9-10-24(18-43)40-23)42-34(41-32)46-20-35-11-5-13-44(35)28-8-4-12-36(28,38)19-35/h1,3,6-7,14-16,23-24,28,40,45H,4-5,8-13,17-20H2/t23?,24?,28-,35-,36+/m0/s1. The molecule has 2 N–H and O–H groups in total. The third-order valence-corrected chi connectivity index (χ3v) is 11.3. The molecule has 2 bridgehead atoms. The first-order valence-electron chi connectivity index (χ1n) is 16.5. The quantitative estimate of drug-likeness (QED) is 0.283. The number of hydrogen-bond donors (Lipinski definition) is 2. The molecular weight excluding hydrogens is 586 g/mol. The number of terminal acetylenes is 1. The van der Waals surface area contributed by atoms with Gasteiger partial charge < -0.3 is 20.1 Å². The molecule has 46 heavy (non-hydrogen) atoms. The molecule has 0 radical (unpaired) electrons. The van der Waals surface area contributed by atoms with Crippen LogP contribution in [0, 0.1) is 18.2 Å². The Morgan fingerprint density at radius 2 is 1.96 bits per heavy atom. The Hall–Kier alpha value is -4.07. The van der Waals surface area contributed by atoms with E-state index < -0.39 is 17.0 Å². The first-order chi connectivity index (χ1) is 22.3. The van der Waals surface area contributed by atoms with Gasteiger partial charge in [-0.1, -0.05) is 18.1 Å². The first-order valence-corrected chi connectivity index (χ1v) is 16.5. The molecule has 9 rings (SSSR count). The highest BCUT2D eigenvalue weighted by atomic mass is 19.1. The normalized spacial score (nSPS) is 30.2. The minimum absolute atomic E-state index is 0.0194. The Kier molecular flexibility index (Phi) is 6.26. The van der Waals surface area contributed by atoms with E-state index in [1.54, 1.807) is 18.3 Å². The highest BCUT2D eigenvalue weighted by Gasteiger charge is 2.63. The molecule has 0 spiro atoms. The zero-order valence-electron chi connectivity index (χ0n) is 25.6. The lowest BCUT2D eigenvalue weighted by Gasteiger charge is -2.35. The van der Waals surface area contributed by atoms with Crippen molar-refractivity contribution in [3.8, 4) is 35.4 Å². The van der Waals surface area contributed by atoms with Crippen LogP contribution in [0.1, 0.15) is 56.9 Å². The summed E-state index contributed by atoms with van der Waals surface area (Å²) in [7, 11) is 0. The van der Waals surface area contributed by atoms with Gasteiger partial charge in [-0.15, -0.1) is 6.42 Å². The van der Waals surface area contributed by atoms with Crippen molar-refractivity contribution in [2.45, 2.75) is 80.7 Å². The zero-order chi connectivity index (χ0) is 31.2. The van der Waals surface area contributed by atoms with E-state index in [-0.39, 0.29) is 35.6 Å². The van der Waals surface area contributed by atoms with E-state index in [2.05, 4.69) is 31.0 Å². The van der Waals surface area contributed by atoms with Gasteiger partial charge in [0.25, 0.3) is 0 Å². The minimum Gasteiger partial charge on any atom is -0.508 e. The number of alkyl halides is 1. The number of aromatic nitrogens is 3. The van der Waals surface area contributed by atoms with Gasteiger partial charge in [-0.2, -0.15) is 9.97 Å². The average molecular weight is 623 g/mol. The van der Waals surface area contributed by atoms with Crippen LogP contribution in [0.2, 0.25) is 0 Å².